The molecule has 0 saturated carbocycles. The summed E-state index contributed by atoms with van der Waals surface area (Å²) in [6, 6.07) is 1.00. The lowest BCUT2D eigenvalue weighted by molar-refractivity contribution is -0.193. The van der Waals surface area contributed by atoms with Crippen LogP contribution >= 0.6 is 0 Å². The van der Waals surface area contributed by atoms with E-state index in [1.54, 1.807) is 0 Å². The minimum atomic E-state index is -5.08. The average Bonchev–Trinajstić information content (AvgIpc) is 2.91. The molecule has 31 heavy (non-hydrogen) atoms. The Hall–Kier alpha value is -2.54. The molecule has 1 saturated heterocycles. The number of nitrogens with one attached hydrogen (secondary N) is 1. The highest BCUT2D eigenvalue weighted by Gasteiger charge is 2.38. The molecule has 2 rings (SSSR count). The van der Waals surface area contributed by atoms with Gasteiger partial charge in [0, 0.05) is 25.4 Å². The Kier molecular flexibility index (Phi) is 11.9. The standard InChI is InChI=1S/C13H24N4.2C2HF3O2/c1-10-6-7-13(16-10)15-9-8-11-4-2-3-5-12(14)17-11;2*3-2(4,5)1(6)7/h10-11H,2-9H2,1H3,(H2,14,17)(H,15,16);2*(H,6,7). The minimum Gasteiger partial charge on any atom is -0.475 e. The topological polar surface area (TPSA) is 137 Å². The summed E-state index contributed by atoms with van der Waals surface area (Å²) in [5.41, 5.74) is 5.84. The van der Waals surface area contributed by atoms with Gasteiger partial charge >= 0.3 is 24.3 Å². The maximum atomic E-state index is 10.6. The molecular formula is C17H26F6N4O4. The molecule has 0 aromatic heterocycles. The molecule has 1 fully saturated rings. The summed E-state index contributed by atoms with van der Waals surface area (Å²) in [6.07, 6.45) is -2.20. The summed E-state index contributed by atoms with van der Waals surface area (Å²) >= 11 is 0. The van der Waals surface area contributed by atoms with Gasteiger partial charge < -0.3 is 21.3 Å². The first-order valence-corrected chi connectivity index (χ1v) is 9.35. The number of carbonyl (C=O) groups is 2. The number of rotatable bonds is 3. The Morgan fingerprint density at radius 1 is 1.06 bits per heavy atom. The minimum absolute atomic E-state index is 0.403. The van der Waals surface area contributed by atoms with Crippen molar-refractivity contribution >= 4 is 23.6 Å². The first-order valence-electron chi connectivity index (χ1n) is 9.35. The SMILES string of the molecule is CC1CCC(=NCCC2CCCCC(N)=N2)N1.O=C(O)C(F)(F)F.O=C(O)C(F)(F)F. The lowest BCUT2D eigenvalue weighted by atomic mass is 10.1. The summed E-state index contributed by atoms with van der Waals surface area (Å²) in [5, 5.41) is 17.7. The van der Waals surface area contributed by atoms with E-state index in [1.165, 1.54) is 31.5 Å². The van der Waals surface area contributed by atoms with Crippen LogP contribution in [0.3, 0.4) is 0 Å². The van der Waals surface area contributed by atoms with Crippen LogP contribution in [0.2, 0.25) is 0 Å². The zero-order chi connectivity index (χ0) is 24.2. The highest BCUT2D eigenvalue weighted by molar-refractivity contribution is 5.84. The highest BCUT2D eigenvalue weighted by atomic mass is 19.4. The quantitative estimate of drug-likeness (QED) is 0.474. The number of hydrogen-bond donors (Lipinski definition) is 4. The third kappa shape index (κ3) is 14.2. The number of carboxylic acids is 2. The van der Waals surface area contributed by atoms with Gasteiger partial charge in [-0.15, -0.1) is 0 Å². The van der Waals surface area contributed by atoms with Crippen LogP contribution in [0.15, 0.2) is 9.98 Å². The van der Waals surface area contributed by atoms with Crippen LogP contribution in [0.5, 0.6) is 0 Å². The van der Waals surface area contributed by atoms with Crippen molar-refractivity contribution in [3.8, 4) is 0 Å². The van der Waals surface area contributed by atoms with Gasteiger partial charge in [-0.05, 0) is 32.6 Å². The van der Waals surface area contributed by atoms with Crippen LogP contribution in [0, 0.1) is 0 Å². The van der Waals surface area contributed by atoms with Gasteiger partial charge in [-0.3, -0.25) is 9.98 Å². The molecule has 0 spiro atoms. The molecule has 0 aromatic carbocycles. The van der Waals surface area contributed by atoms with Crippen molar-refractivity contribution in [3.63, 3.8) is 0 Å². The van der Waals surface area contributed by atoms with E-state index in [-0.39, 0.29) is 0 Å². The third-order valence-electron chi connectivity index (χ3n) is 4.05. The van der Waals surface area contributed by atoms with E-state index in [0.29, 0.717) is 12.1 Å². The van der Waals surface area contributed by atoms with Gasteiger partial charge in [0.1, 0.15) is 0 Å². The number of halogens is 6. The number of nitrogens with two attached hydrogens (primary N) is 1. The van der Waals surface area contributed by atoms with Crippen molar-refractivity contribution in [2.24, 2.45) is 15.7 Å². The lowest BCUT2D eigenvalue weighted by Gasteiger charge is -2.09. The van der Waals surface area contributed by atoms with Gasteiger partial charge in [0.25, 0.3) is 0 Å². The number of hydrogen-bond acceptors (Lipinski definition) is 5. The molecule has 0 bridgehead atoms. The van der Waals surface area contributed by atoms with E-state index in [1.807, 2.05) is 0 Å². The van der Waals surface area contributed by atoms with Crippen LogP contribution < -0.4 is 11.1 Å². The molecule has 2 heterocycles. The van der Waals surface area contributed by atoms with Crippen molar-refractivity contribution in [2.75, 3.05) is 6.54 Å². The van der Waals surface area contributed by atoms with E-state index in [2.05, 4.69) is 22.2 Å². The zero-order valence-electron chi connectivity index (χ0n) is 16.8. The Labute approximate surface area is 174 Å². The maximum Gasteiger partial charge on any atom is 0.490 e. The van der Waals surface area contributed by atoms with Gasteiger partial charge in [-0.25, -0.2) is 9.59 Å². The van der Waals surface area contributed by atoms with Gasteiger partial charge in [0.2, 0.25) is 0 Å². The van der Waals surface area contributed by atoms with Crippen molar-refractivity contribution in [2.45, 2.75) is 76.3 Å². The van der Waals surface area contributed by atoms with Gasteiger partial charge in [-0.2, -0.15) is 26.3 Å². The molecule has 5 N–H and O–H groups in total. The number of nitrogens with zero attached hydrogens (tertiary/aromatic N) is 2. The van der Waals surface area contributed by atoms with Crippen molar-refractivity contribution < 1.29 is 46.1 Å². The second-order valence-corrected chi connectivity index (χ2v) is 6.83. The molecule has 14 heteroatoms. The number of carboxylic acid groups (broad SMARTS) is 2. The first kappa shape index (κ1) is 28.5. The fourth-order valence-electron chi connectivity index (χ4n) is 2.51. The Morgan fingerprint density at radius 3 is 2.00 bits per heavy atom. The van der Waals surface area contributed by atoms with Gasteiger partial charge in [0.15, 0.2) is 0 Å². The molecular weight excluding hydrogens is 438 g/mol. The summed E-state index contributed by atoms with van der Waals surface area (Å²) in [4.78, 5) is 27.0. The largest absolute Gasteiger partial charge is 0.490 e. The summed E-state index contributed by atoms with van der Waals surface area (Å²) < 4.78 is 63.5. The first-order chi connectivity index (χ1) is 14.1. The summed E-state index contributed by atoms with van der Waals surface area (Å²) in [6.45, 7) is 3.09. The Balaban J connectivity index is 0.000000536. The van der Waals surface area contributed by atoms with Crippen LogP contribution in [-0.4, -0.2) is 64.8 Å². The molecule has 2 unspecified atom stereocenters. The highest BCUT2D eigenvalue weighted by Crippen LogP contribution is 2.16. The van der Waals surface area contributed by atoms with Gasteiger partial charge in [0.05, 0.1) is 17.7 Å². The third-order valence-corrected chi connectivity index (χ3v) is 4.05. The molecule has 2 atom stereocenters. The van der Waals surface area contributed by atoms with Crippen molar-refractivity contribution in [1.82, 2.24) is 5.32 Å². The summed E-state index contributed by atoms with van der Waals surface area (Å²) in [7, 11) is 0. The fraction of sp³-hybridized carbons (Fsp3) is 0.765. The molecule has 0 radical (unpaired) electrons. The number of aliphatic imine (C=N–C) groups is 2. The molecule has 0 amide bonds. The average molecular weight is 464 g/mol. The number of alkyl halides is 6. The fourth-order valence-corrected chi connectivity index (χ4v) is 2.51. The zero-order valence-corrected chi connectivity index (χ0v) is 16.8. The van der Waals surface area contributed by atoms with Crippen LogP contribution in [-0.2, 0) is 9.59 Å². The monoisotopic (exact) mass is 464 g/mol. The summed E-state index contributed by atoms with van der Waals surface area (Å²) in [5.74, 6) is -3.49. The number of amidine groups is 2. The second kappa shape index (κ2) is 13.0. The lowest BCUT2D eigenvalue weighted by Crippen LogP contribution is -2.22. The van der Waals surface area contributed by atoms with Crippen LogP contribution in [0.1, 0.15) is 51.9 Å². The molecule has 2 aliphatic rings. The molecule has 2 aliphatic heterocycles. The van der Waals surface area contributed by atoms with E-state index in [0.717, 1.165) is 31.6 Å². The predicted octanol–water partition coefficient (Wildman–Crippen LogP) is 3.11. The van der Waals surface area contributed by atoms with Crippen molar-refractivity contribution in [1.29, 1.82) is 0 Å². The van der Waals surface area contributed by atoms with E-state index < -0.39 is 24.3 Å². The normalized spacial score (nSPS) is 22.7. The van der Waals surface area contributed by atoms with Crippen LogP contribution in [0.4, 0.5) is 26.3 Å². The Morgan fingerprint density at radius 2 is 1.58 bits per heavy atom. The van der Waals surface area contributed by atoms with E-state index >= 15 is 0 Å². The number of aliphatic carboxylic acids is 2. The van der Waals surface area contributed by atoms with E-state index in [9.17, 15) is 26.3 Å². The maximum absolute atomic E-state index is 10.6. The van der Waals surface area contributed by atoms with Crippen molar-refractivity contribution in [3.05, 3.63) is 0 Å². The Bertz CT molecular complexity index is 626. The molecule has 0 aliphatic carbocycles. The smallest absolute Gasteiger partial charge is 0.475 e. The van der Waals surface area contributed by atoms with Gasteiger partial charge in [-0.1, -0.05) is 6.42 Å². The molecule has 180 valence electrons. The van der Waals surface area contributed by atoms with Crippen LogP contribution in [0.25, 0.3) is 0 Å². The predicted molar refractivity (Wildman–Crippen MR) is 100 cm³/mol. The van der Waals surface area contributed by atoms with E-state index in [4.69, 9.17) is 25.5 Å². The molecule has 8 nitrogen and oxygen atoms in total. The second-order valence-electron chi connectivity index (χ2n) is 6.83. The molecule has 0 aromatic rings.